The Hall–Kier alpha value is -3.08. The highest BCUT2D eigenvalue weighted by atomic mass is 19.4. The van der Waals surface area contributed by atoms with Crippen LogP contribution in [0.15, 0.2) is 42.5 Å². The maximum atomic E-state index is 13.1. The number of benzene rings is 2. The van der Waals surface area contributed by atoms with E-state index < -0.39 is 23.1 Å². The van der Waals surface area contributed by atoms with Crippen LogP contribution in [-0.4, -0.2) is 37.0 Å². The molecule has 0 spiro atoms. The first-order valence-electron chi connectivity index (χ1n) is 8.21. The van der Waals surface area contributed by atoms with Crippen LogP contribution in [0.4, 0.5) is 23.2 Å². The molecule has 4 nitrogen and oxygen atoms in total. The minimum atomic E-state index is -4.61. The number of rotatable bonds is 2. The molecule has 0 unspecified atom stereocenters. The average Bonchev–Trinajstić information content (AvgIpc) is 2.67. The van der Waals surface area contributed by atoms with Crippen molar-refractivity contribution in [1.82, 2.24) is 4.90 Å². The molecule has 1 aliphatic heterocycles. The number of nitriles is 1. The molecule has 2 aromatic rings. The van der Waals surface area contributed by atoms with Crippen molar-refractivity contribution in [2.45, 2.75) is 6.18 Å². The molecular weight excluding hydrogens is 362 g/mol. The summed E-state index contributed by atoms with van der Waals surface area (Å²) in [5.41, 5.74) is -0.665. The predicted molar refractivity (Wildman–Crippen MR) is 90.7 cm³/mol. The average molecular weight is 377 g/mol. The van der Waals surface area contributed by atoms with Gasteiger partial charge in [0, 0.05) is 37.4 Å². The molecule has 0 atom stereocenters. The summed E-state index contributed by atoms with van der Waals surface area (Å²) in [6.45, 7) is 1.38. The second-order valence-corrected chi connectivity index (χ2v) is 6.13. The molecule has 140 valence electrons. The summed E-state index contributed by atoms with van der Waals surface area (Å²) in [7, 11) is 0. The van der Waals surface area contributed by atoms with Crippen LogP contribution in [0.2, 0.25) is 0 Å². The molecule has 0 saturated carbocycles. The first-order chi connectivity index (χ1) is 12.8. The highest BCUT2D eigenvalue weighted by molar-refractivity contribution is 5.94. The zero-order valence-electron chi connectivity index (χ0n) is 14.1. The van der Waals surface area contributed by atoms with E-state index in [1.54, 1.807) is 15.9 Å². The predicted octanol–water partition coefficient (Wildman–Crippen LogP) is 3.68. The zero-order valence-corrected chi connectivity index (χ0v) is 14.1. The van der Waals surface area contributed by atoms with Crippen molar-refractivity contribution < 1.29 is 22.4 Å². The van der Waals surface area contributed by atoms with Crippen molar-refractivity contribution in [3.8, 4) is 6.07 Å². The molecule has 27 heavy (non-hydrogen) atoms. The fourth-order valence-corrected chi connectivity index (χ4v) is 3.00. The summed E-state index contributed by atoms with van der Waals surface area (Å²) in [6.07, 6.45) is -4.61. The fraction of sp³-hybridized carbons (Fsp3) is 0.263. The van der Waals surface area contributed by atoms with E-state index in [9.17, 15) is 22.4 Å². The van der Waals surface area contributed by atoms with Crippen LogP contribution in [0.1, 0.15) is 21.5 Å². The number of hydrogen-bond donors (Lipinski definition) is 0. The van der Waals surface area contributed by atoms with Crippen LogP contribution in [0.3, 0.4) is 0 Å². The monoisotopic (exact) mass is 377 g/mol. The molecule has 1 amide bonds. The summed E-state index contributed by atoms with van der Waals surface area (Å²) in [6, 6.07) is 10.4. The smallest absolute Gasteiger partial charge is 0.368 e. The standard InChI is InChI=1S/C19H15F4N3O/c20-15-4-1-13(2-5-15)18(27)26-9-7-25(8-10-26)16-6-3-14(12-24)17(11-16)19(21,22)23/h1-6,11H,7-10H2. The van der Waals surface area contributed by atoms with Crippen LogP contribution in [0, 0.1) is 17.1 Å². The third kappa shape index (κ3) is 4.03. The normalized spacial score (nSPS) is 14.8. The van der Waals surface area contributed by atoms with Gasteiger partial charge in [0.05, 0.1) is 17.2 Å². The van der Waals surface area contributed by atoms with Gasteiger partial charge >= 0.3 is 6.18 Å². The van der Waals surface area contributed by atoms with Crippen LogP contribution in [-0.2, 0) is 6.18 Å². The van der Waals surface area contributed by atoms with E-state index in [1.165, 1.54) is 30.3 Å². The maximum Gasteiger partial charge on any atom is 0.417 e. The molecule has 1 fully saturated rings. The van der Waals surface area contributed by atoms with Crippen molar-refractivity contribution in [2.24, 2.45) is 0 Å². The number of hydrogen-bond acceptors (Lipinski definition) is 3. The molecule has 0 aliphatic carbocycles. The van der Waals surface area contributed by atoms with E-state index in [0.29, 0.717) is 37.4 Å². The number of carbonyl (C=O) groups excluding carboxylic acids is 1. The Balaban J connectivity index is 1.71. The van der Waals surface area contributed by atoms with Crippen LogP contribution in [0.5, 0.6) is 0 Å². The summed E-state index contributed by atoms with van der Waals surface area (Å²) < 4.78 is 52.3. The van der Waals surface area contributed by atoms with Crippen LogP contribution < -0.4 is 4.90 Å². The van der Waals surface area contributed by atoms with Crippen LogP contribution >= 0.6 is 0 Å². The topological polar surface area (TPSA) is 47.3 Å². The Bertz CT molecular complexity index is 879. The van der Waals surface area contributed by atoms with Gasteiger partial charge in [-0.15, -0.1) is 0 Å². The molecule has 0 aromatic heterocycles. The molecule has 0 radical (unpaired) electrons. The van der Waals surface area contributed by atoms with E-state index in [-0.39, 0.29) is 5.91 Å². The van der Waals surface area contributed by atoms with E-state index >= 15 is 0 Å². The SMILES string of the molecule is N#Cc1ccc(N2CCN(C(=O)c3ccc(F)cc3)CC2)cc1C(F)(F)F. The number of piperazine rings is 1. The molecule has 1 heterocycles. The summed E-state index contributed by atoms with van der Waals surface area (Å²) in [4.78, 5) is 15.7. The Morgan fingerprint density at radius 3 is 2.19 bits per heavy atom. The fourth-order valence-electron chi connectivity index (χ4n) is 3.00. The Kier molecular flexibility index (Phi) is 5.04. The lowest BCUT2D eigenvalue weighted by Crippen LogP contribution is -2.48. The lowest BCUT2D eigenvalue weighted by atomic mass is 10.1. The van der Waals surface area contributed by atoms with Crippen molar-refractivity contribution in [2.75, 3.05) is 31.1 Å². The summed E-state index contributed by atoms with van der Waals surface area (Å²) >= 11 is 0. The minimum Gasteiger partial charge on any atom is -0.368 e. The molecule has 1 saturated heterocycles. The highest BCUT2D eigenvalue weighted by Gasteiger charge is 2.34. The van der Waals surface area contributed by atoms with Gasteiger partial charge in [-0.3, -0.25) is 4.79 Å². The maximum absolute atomic E-state index is 13.1. The lowest BCUT2D eigenvalue weighted by Gasteiger charge is -2.36. The number of halogens is 4. The molecule has 2 aromatic carbocycles. The van der Waals surface area contributed by atoms with E-state index in [0.717, 1.165) is 12.1 Å². The van der Waals surface area contributed by atoms with Gasteiger partial charge < -0.3 is 9.80 Å². The summed E-state index contributed by atoms with van der Waals surface area (Å²) in [5.74, 6) is -0.678. The Labute approximate surface area is 153 Å². The van der Waals surface area contributed by atoms with Gasteiger partial charge in [0.1, 0.15) is 5.82 Å². The molecule has 3 rings (SSSR count). The quantitative estimate of drug-likeness (QED) is 0.751. The van der Waals surface area contributed by atoms with Gasteiger partial charge in [-0.2, -0.15) is 18.4 Å². The van der Waals surface area contributed by atoms with E-state index in [4.69, 9.17) is 5.26 Å². The Morgan fingerprint density at radius 2 is 1.63 bits per heavy atom. The summed E-state index contributed by atoms with van der Waals surface area (Å²) in [5, 5.41) is 8.87. The molecule has 8 heteroatoms. The first kappa shape index (κ1) is 18.7. The van der Waals surface area contributed by atoms with Gasteiger partial charge in [-0.05, 0) is 42.5 Å². The molecular formula is C19H15F4N3O. The van der Waals surface area contributed by atoms with Crippen molar-refractivity contribution in [3.63, 3.8) is 0 Å². The van der Waals surface area contributed by atoms with Gasteiger partial charge in [-0.1, -0.05) is 0 Å². The second kappa shape index (κ2) is 7.27. The van der Waals surface area contributed by atoms with E-state index in [1.807, 2.05) is 0 Å². The highest BCUT2D eigenvalue weighted by Crippen LogP contribution is 2.34. The number of alkyl halides is 3. The van der Waals surface area contributed by atoms with Crippen LogP contribution in [0.25, 0.3) is 0 Å². The van der Waals surface area contributed by atoms with Gasteiger partial charge in [0.2, 0.25) is 0 Å². The van der Waals surface area contributed by atoms with Crippen molar-refractivity contribution in [1.29, 1.82) is 5.26 Å². The van der Waals surface area contributed by atoms with Gasteiger partial charge in [0.25, 0.3) is 5.91 Å². The third-order valence-corrected chi connectivity index (χ3v) is 4.45. The van der Waals surface area contributed by atoms with Crippen molar-refractivity contribution >= 4 is 11.6 Å². The number of anilines is 1. The number of carbonyl (C=O) groups is 1. The molecule has 0 N–H and O–H groups in total. The number of nitrogens with zero attached hydrogens (tertiary/aromatic N) is 3. The number of amides is 1. The molecule has 1 aliphatic rings. The van der Waals surface area contributed by atoms with E-state index in [2.05, 4.69) is 0 Å². The zero-order chi connectivity index (χ0) is 19.6. The van der Waals surface area contributed by atoms with Crippen molar-refractivity contribution in [3.05, 3.63) is 65.0 Å². The lowest BCUT2D eigenvalue weighted by molar-refractivity contribution is -0.137. The largest absolute Gasteiger partial charge is 0.417 e. The minimum absolute atomic E-state index is 0.245. The van der Waals surface area contributed by atoms with Gasteiger partial charge in [0.15, 0.2) is 0 Å². The third-order valence-electron chi connectivity index (χ3n) is 4.45. The van der Waals surface area contributed by atoms with Gasteiger partial charge in [-0.25, -0.2) is 4.39 Å². The Morgan fingerprint density at radius 1 is 1.00 bits per heavy atom. The first-order valence-corrected chi connectivity index (χ1v) is 8.21. The second-order valence-electron chi connectivity index (χ2n) is 6.13. The molecule has 0 bridgehead atoms.